The van der Waals surface area contributed by atoms with E-state index < -0.39 is 24.0 Å². The Hall–Kier alpha value is -2.97. The van der Waals surface area contributed by atoms with Crippen LogP contribution in [0.2, 0.25) is 0 Å². The number of methoxy groups -OCH3 is 4. The summed E-state index contributed by atoms with van der Waals surface area (Å²) in [4.78, 5) is 25.7. The molecule has 0 bridgehead atoms. The number of anilines is 1. The maximum atomic E-state index is 14.9. The van der Waals surface area contributed by atoms with Gasteiger partial charge >= 0.3 is 11.9 Å². The Morgan fingerprint density at radius 3 is 2.22 bits per heavy atom. The minimum atomic E-state index is -0.818. The quantitative estimate of drug-likeness (QED) is 0.557. The smallest absolute Gasteiger partial charge is 0.355 e. The van der Waals surface area contributed by atoms with Gasteiger partial charge < -0.3 is 23.8 Å². The van der Waals surface area contributed by atoms with E-state index in [9.17, 15) is 14.0 Å². The highest BCUT2D eigenvalue weighted by molar-refractivity contribution is 6.05. The largest absolute Gasteiger partial charge is 0.465 e. The number of halogens is 1. The highest BCUT2D eigenvalue weighted by atomic mass is 19.1. The van der Waals surface area contributed by atoms with Crippen LogP contribution < -0.4 is 4.90 Å². The van der Waals surface area contributed by atoms with Crippen LogP contribution in [-0.2, 0) is 28.5 Å². The van der Waals surface area contributed by atoms with Gasteiger partial charge in [0, 0.05) is 26.0 Å². The summed E-state index contributed by atoms with van der Waals surface area (Å²) in [6.07, 6.45) is 5.19. The second kappa shape index (κ2) is 9.11. The third kappa shape index (κ3) is 4.24. The fourth-order valence-corrected chi connectivity index (χ4v) is 2.58. The Morgan fingerprint density at radius 1 is 1.00 bits per heavy atom. The van der Waals surface area contributed by atoms with E-state index in [1.165, 1.54) is 63.8 Å². The standard InChI is InChI=1S/C19H20FNO6/c1-24-17(22)13-7-5-6-10-21(16(13)18(23)25-2)15-9-8-12(11-14(15)20)19(26-3)27-4/h5-11,19H,1-4H3. The van der Waals surface area contributed by atoms with Gasteiger partial charge in [0.25, 0.3) is 0 Å². The molecule has 0 spiro atoms. The first-order valence-corrected chi connectivity index (χ1v) is 7.88. The van der Waals surface area contributed by atoms with Gasteiger partial charge in [-0.15, -0.1) is 0 Å². The van der Waals surface area contributed by atoms with Crippen LogP contribution in [0.15, 0.2) is 53.9 Å². The molecule has 1 aliphatic heterocycles. The van der Waals surface area contributed by atoms with Gasteiger partial charge in [-0.1, -0.05) is 12.1 Å². The molecule has 27 heavy (non-hydrogen) atoms. The lowest BCUT2D eigenvalue weighted by atomic mass is 10.1. The monoisotopic (exact) mass is 377 g/mol. The van der Waals surface area contributed by atoms with Crippen molar-refractivity contribution in [3.05, 3.63) is 65.3 Å². The molecule has 0 unspecified atom stereocenters. The molecule has 2 rings (SSSR count). The summed E-state index contributed by atoms with van der Waals surface area (Å²) in [6, 6.07) is 4.27. The molecule has 0 atom stereocenters. The van der Waals surface area contributed by atoms with E-state index in [4.69, 9.17) is 18.9 Å². The number of hydrogen-bond acceptors (Lipinski definition) is 7. The summed E-state index contributed by atoms with van der Waals surface area (Å²) >= 11 is 0. The summed E-state index contributed by atoms with van der Waals surface area (Å²) < 4.78 is 34.6. The van der Waals surface area contributed by atoms with Gasteiger partial charge in [-0.3, -0.25) is 0 Å². The van der Waals surface area contributed by atoms with Crippen molar-refractivity contribution in [3.63, 3.8) is 0 Å². The van der Waals surface area contributed by atoms with Crippen LogP contribution in [0.3, 0.4) is 0 Å². The van der Waals surface area contributed by atoms with E-state index in [0.717, 1.165) is 0 Å². The van der Waals surface area contributed by atoms with Crippen molar-refractivity contribution >= 4 is 17.6 Å². The summed E-state index contributed by atoms with van der Waals surface area (Å²) in [5.41, 5.74) is 0.252. The number of benzene rings is 1. The van der Waals surface area contributed by atoms with Crippen LogP contribution in [0.25, 0.3) is 0 Å². The highest BCUT2D eigenvalue weighted by Crippen LogP contribution is 2.30. The van der Waals surface area contributed by atoms with Crippen LogP contribution in [0.5, 0.6) is 0 Å². The Morgan fingerprint density at radius 2 is 1.67 bits per heavy atom. The molecule has 7 nitrogen and oxygen atoms in total. The molecule has 0 aromatic heterocycles. The lowest BCUT2D eigenvalue weighted by Gasteiger charge is -2.24. The van der Waals surface area contributed by atoms with E-state index >= 15 is 0 Å². The van der Waals surface area contributed by atoms with Crippen molar-refractivity contribution in [3.8, 4) is 0 Å². The highest BCUT2D eigenvalue weighted by Gasteiger charge is 2.29. The van der Waals surface area contributed by atoms with Gasteiger partial charge in [0.15, 0.2) is 6.29 Å². The van der Waals surface area contributed by atoms with E-state index in [1.807, 2.05) is 0 Å². The van der Waals surface area contributed by atoms with Crippen LogP contribution >= 0.6 is 0 Å². The van der Waals surface area contributed by atoms with Crippen molar-refractivity contribution < 1.29 is 32.9 Å². The molecule has 144 valence electrons. The second-order valence-corrected chi connectivity index (χ2v) is 5.33. The van der Waals surface area contributed by atoms with E-state index in [1.54, 1.807) is 12.1 Å². The summed E-state index contributed by atoms with van der Waals surface area (Å²) in [5, 5.41) is 0. The predicted octanol–water partition coefficient (Wildman–Crippen LogP) is 2.61. The zero-order valence-corrected chi connectivity index (χ0v) is 15.4. The lowest BCUT2D eigenvalue weighted by Crippen LogP contribution is -2.27. The normalized spacial score (nSPS) is 13.8. The maximum absolute atomic E-state index is 14.9. The molecule has 0 aliphatic carbocycles. The van der Waals surface area contributed by atoms with Crippen molar-refractivity contribution in [2.45, 2.75) is 6.29 Å². The molecule has 0 saturated heterocycles. The fraction of sp³-hybridized carbons (Fsp3) is 0.263. The van der Waals surface area contributed by atoms with Crippen molar-refractivity contribution in [2.24, 2.45) is 0 Å². The topological polar surface area (TPSA) is 74.3 Å². The molecule has 0 saturated carbocycles. The third-order valence-corrected chi connectivity index (χ3v) is 3.82. The number of carbonyl (C=O) groups is 2. The maximum Gasteiger partial charge on any atom is 0.355 e. The molecule has 1 aromatic rings. The van der Waals surface area contributed by atoms with Gasteiger partial charge in [-0.2, -0.15) is 0 Å². The summed E-state index contributed by atoms with van der Waals surface area (Å²) in [7, 11) is 5.22. The average Bonchev–Trinajstić information content (AvgIpc) is 2.90. The van der Waals surface area contributed by atoms with E-state index in [-0.39, 0.29) is 17.0 Å². The molecule has 0 radical (unpaired) electrons. The van der Waals surface area contributed by atoms with Crippen molar-refractivity contribution in [2.75, 3.05) is 33.3 Å². The molecule has 0 amide bonds. The molecule has 0 N–H and O–H groups in total. The van der Waals surface area contributed by atoms with Crippen LogP contribution in [0.1, 0.15) is 11.9 Å². The summed E-state index contributed by atoms with van der Waals surface area (Å²) in [5.74, 6) is -2.22. The third-order valence-electron chi connectivity index (χ3n) is 3.82. The summed E-state index contributed by atoms with van der Waals surface area (Å²) in [6.45, 7) is 0. The predicted molar refractivity (Wildman–Crippen MR) is 95.0 cm³/mol. The molecule has 1 aliphatic rings. The fourth-order valence-electron chi connectivity index (χ4n) is 2.58. The number of rotatable bonds is 6. The number of hydrogen-bond donors (Lipinski definition) is 0. The van der Waals surface area contributed by atoms with Crippen molar-refractivity contribution in [1.82, 2.24) is 0 Å². The zero-order chi connectivity index (χ0) is 20.0. The average molecular weight is 377 g/mol. The number of carbonyl (C=O) groups excluding carboxylic acids is 2. The Bertz CT molecular complexity index is 810. The molecule has 1 aromatic carbocycles. The van der Waals surface area contributed by atoms with Crippen molar-refractivity contribution in [1.29, 1.82) is 0 Å². The Balaban J connectivity index is 2.60. The van der Waals surface area contributed by atoms with Gasteiger partial charge in [0.05, 0.1) is 25.5 Å². The van der Waals surface area contributed by atoms with Gasteiger partial charge in [0.1, 0.15) is 11.5 Å². The number of esters is 2. The minimum absolute atomic E-state index is 0.0338. The second-order valence-electron chi connectivity index (χ2n) is 5.33. The van der Waals surface area contributed by atoms with Gasteiger partial charge in [-0.25, -0.2) is 14.0 Å². The number of ether oxygens (including phenoxy) is 4. The number of nitrogens with zero attached hydrogens (tertiary/aromatic N) is 1. The lowest BCUT2D eigenvalue weighted by molar-refractivity contribution is -0.139. The van der Waals surface area contributed by atoms with E-state index in [2.05, 4.69) is 0 Å². The first-order valence-electron chi connectivity index (χ1n) is 7.88. The first-order chi connectivity index (χ1) is 13.0. The first kappa shape index (κ1) is 20.3. The SMILES string of the molecule is COC(=O)C1=C(C(=O)OC)N(c2ccc(C(OC)OC)cc2F)C=CC=C1. The van der Waals surface area contributed by atoms with Crippen LogP contribution in [0, 0.1) is 5.82 Å². The Kier molecular flexibility index (Phi) is 6.86. The van der Waals surface area contributed by atoms with Crippen LogP contribution in [-0.4, -0.2) is 40.4 Å². The minimum Gasteiger partial charge on any atom is -0.465 e. The molecular formula is C19H20FNO6. The Labute approximate surface area is 156 Å². The zero-order valence-electron chi connectivity index (χ0n) is 15.4. The molecule has 0 fully saturated rings. The van der Waals surface area contributed by atoms with Crippen LogP contribution in [0.4, 0.5) is 10.1 Å². The molecule has 1 heterocycles. The van der Waals surface area contributed by atoms with Gasteiger partial charge in [0.2, 0.25) is 0 Å². The molecular weight excluding hydrogens is 357 g/mol. The van der Waals surface area contributed by atoms with E-state index in [0.29, 0.717) is 5.56 Å². The van der Waals surface area contributed by atoms with Gasteiger partial charge in [-0.05, 0) is 24.3 Å². The number of allylic oxidation sites excluding steroid dienone is 2. The molecule has 8 heteroatoms.